The topological polar surface area (TPSA) is 78.9 Å². The first-order valence-corrected chi connectivity index (χ1v) is 25.3. The summed E-state index contributed by atoms with van der Waals surface area (Å²) in [4.78, 5) is 37.9. The number of esters is 3. The zero-order valence-corrected chi connectivity index (χ0v) is 40.1. The fraction of sp³-hybridized carbons (Fsp3) is 0.661. The second-order valence-electron chi connectivity index (χ2n) is 16.5. The van der Waals surface area contributed by atoms with Crippen molar-refractivity contribution in [2.24, 2.45) is 0 Å². The van der Waals surface area contributed by atoms with Crippen molar-refractivity contribution in [3.05, 3.63) is 97.2 Å². The maximum Gasteiger partial charge on any atom is 0.306 e. The fourth-order valence-corrected chi connectivity index (χ4v) is 6.61. The Morgan fingerprint density at radius 3 is 1.24 bits per heavy atom. The number of hydrogen-bond donors (Lipinski definition) is 0. The third-order valence-corrected chi connectivity index (χ3v) is 10.4. The van der Waals surface area contributed by atoms with Gasteiger partial charge in [-0.2, -0.15) is 0 Å². The number of carbonyl (C=O) groups is 3. The van der Waals surface area contributed by atoms with Gasteiger partial charge in [-0.25, -0.2) is 0 Å². The molecule has 0 aromatic heterocycles. The summed E-state index contributed by atoms with van der Waals surface area (Å²) in [6.07, 6.45) is 65.5. The molecule has 0 aromatic rings. The predicted molar refractivity (Wildman–Crippen MR) is 265 cm³/mol. The number of rotatable bonds is 44. The quantitative estimate of drug-likeness (QED) is 0.0200. The summed E-state index contributed by atoms with van der Waals surface area (Å²) in [5.74, 6) is -1.05. The lowest BCUT2D eigenvalue weighted by Crippen LogP contribution is -2.30. The third-order valence-electron chi connectivity index (χ3n) is 10.4. The summed E-state index contributed by atoms with van der Waals surface area (Å²) in [7, 11) is 0. The van der Waals surface area contributed by atoms with Crippen molar-refractivity contribution in [3.8, 4) is 0 Å². The fourth-order valence-electron chi connectivity index (χ4n) is 6.61. The largest absolute Gasteiger partial charge is 0.462 e. The molecule has 0 aromatic carbocycles. The van der Waals surface area contributed by atoms with Crippen molar-refractivity contribution >= 4 is 17.9 Å². The van der Waals surface area contributed by atoms with Gasteiger partial charge in [-0.1, -0.05) is 214 Å². The van der Waals surface area contributed by atoms with Crippen molar-refractivity contribution in [2.75, 3.05) is 13.2 Å². The number of carbonyl (C=O) groups excluding carboxylic acids is 3. The van der Waals surface area contributed by atoms with Crippen molar-refractivity contribution in [3.63, 3.8) is 0 Å². The molecular formula is C56H92O6. The molecule has 62 heavy (non-hydrogen) atoms. The maximum atomic E-state index is 12.7. The average Bonchev–Trinajstić information content (AvgIpc) is 3.27. The molecule has 0 saturated heterocycles. The lowest BCUT2D eigenvalue weighted by atomic mass is 10.1. The highest BCUT2D eigenvalue weighted by atomic mass is 16.6. The number of hydrogen-bond acceptors (Lipinski definition) is 6. The Morgan fingerprint density at radius 1 is 0.355 bits per heavy atom. The van der Waals surface area contributed by atoms with Crippen LogP contribution in [0.1, 0.15) is 220 Å². The van der Waals surface area contributed by atoms with Crippen LogP contribution in [0.4, 0.5) is 0 Å². The molecule has 0 aliphatic rings. The standard InChI is InChI=1S/C56H92O6/c1-4-7-10-13-16-19-22-25-26-27-28-29-32-34-37-40-43-46-49-55(58)61-52-53(62-56(59)50-47-44-41-38-35-31-24-21-18-15-12-9-6-3)51-60-54(57)48-45-42-39-36-33-30-23-20-17-14-11-8-5-2/h9,12,15,18,21,24,26-31,33,35,39,42,53H,4-8,10-11,13-14,16-17,19-20,22-23,25,32,34,36-38,40-41,43-52H2,1-3H3/b12-9+,18-15+,24-21+,27-26+,29-28+,33-30+,35-31+,42-39+. The minimum absolute atomic E-state index is 0.120. The summed E-state index contributed by atoms with van der Waals surface area (Å²) < 4.78 is 16.7. The second kappa shape index (κ2) is 50.0. The predicted octanol–water partition coefficient (Wildman–Crippen LogP) is 16.6. The van der Waals surface area contributed by atoms with E-state index in [1.165, 1.54) is 89.9 Å². The van der Waals surface area contributed by atoms with Crippen LogP contribution in [0.25, 0.3) is 0 Å². The highest BCUT2D eigenvalue weighted by Gasteiger charge is 2.19. The van der Waals surface area contributed by atoms with Gasteiger partial charge in [-0.3, -0.25) is 14.4 Å². The Bertz CT molecular complexity index is 1260. The summed E-state index contributed by atoms with van der Waals surface area (Å²) in [6.45, 7) is 6.37. The molecule has 0 aliphatic carbocycles. The molecule has 0 radical (unpaired) electrons. The average molecular weight is 861 g/mol. The first-order chi connectivity index (χ1) is 30.5. The lowest BCUT2D eigenvalue weighted by Gasteiger charge is -2.18. The highest BCUT2D eigenvalue weighted by molar-refractivity contribution is 5.71. The SMILES string of the molecule is CC/C=C/C=C/C=C/C=C/CCCCCC(=O)OC(COC(=O)CC/C=C/C/C=C/CCCCCCCC)COC(=O)CCCCCCC/C=C/C=C/CCCCCCCCC. The zero-order valence-electron chi connectivity index (χ0n) is 40.1. The van der Waals surface area contributed by atoms with E-state index in [4.69, 9.17) is 14.2 Å². The van der Waals surface area contributed by atoms with Crippen molar-refractivity contribution < 1.29 is 28.6 Å². The summed E-state index contributed by atoms with van der Waals surface area (Å²) in [5, 5.41) is 0. The molecule has 6 heteroatoms. The van der Waals surface area contributed by atoms with Gasteiger partial charge in [0.05, 0.1) is 0 Å². The van der Waals surface area contributed by atoms with Gasteiger partial charge >= 0.3 is 17.9 Å². The molecule has 0 spiro atoms. The van der Waals surface area contributed by atoms with Gasteiger partial charge in [-0.05, 0) is 83.5 Å². The molecule has 0 heterocycles. The normalized spacial score (nSPS) is 12.9. The number of allylic oxidation sites excluding steroid dienone is 16. The van der Waals surface area contributed by atoms with Crippen molar-refractivity contribution in [1.82, 2.24) is 0 Å². The van der Waals surface area contributed by atoms with E-state index in [1.54, 1.807) is 0 Å². The van der Waals surface area contributed by atoms with Gasteiger partial charge in [0.1, 0.15) is 13.2 Å². The molecule has 1 unspecified atom stereocenters. The lowest BCUT2D eigenvalue weighted by molar-refractivity contribution is -0.166. The molecular weight excluding hydrogens is 769 g/mol. The van der Waals surface area contributed by atoms with Crippen LogP contribution in [-0.4, -0.2) is 37.2 Å². The zero-order chi connectivity index (χ0) is 45.1. The van der Waals surface area contributed by atoms with Crippen molar-refractivity contribution in [2.45, 2.75) is 226 Å². The molecule has 352 valence electrons. The molecule has 1 atom stereocenters. The summed E-state index contributed by atoms with van der Waals surface area (Å²) in [6, 6.07) is 0. The van der Waals surface area contributed by atoms with Crippen LogP contribution in [0.15, 0.2) is 97.2 Å². The van der Waals surface area contributed by atoms with E-state index in [2.05, 4.69) is 75.5 Å². The van der Waals surface area contributed by atoms with Crippen molar-refractivity contribution in [1.29, 1.82) is 0 Å². The van der Waals surface area contributed by atoms with Crippen LogP contribution >= 0.6 is 0 Å². The minimum Gasteiger partial charge on any atom is -0.462 e. The van der Waals surface area contributed by atoms with Crippen LogP contribution in [0.3, 0.4) is 0 Å². The molecule has 0 amide bonds. The minimum atomic E-state index is -0.827. The van der Waals surface area contributed by atoms with Crippen LogP contribution in [0.2, 0.25) is 0 Å². The van der Waals surface area contributed by atoms with E-state index < -0.39 is 6.10 Å². The first kappa shape index (κ1) is 58.3. The van der Waals surface area contributed by atoms with Crippen LogP contribution in [0.5, 0.6) is 0 Å². The monoisotopic (exact) mass is 861 g/mol. The first-order valence-electron chi connectivity index (χ1n) is 25.3. The smallest absolute Gasteiger partial charge is 0.306 e. The molecule has 0 N–H and O–H groups in total. The highest BCUT2D eigenvalue weighted by Crippen LogP contribution is 2.12. The Kier molecular flexibility index (Phi) is 47.0. The third kappa shape index (κ3) is 47.4. The van der Waals surface area contributed by atoms with Gasteiger partial charge in [0.15, 0.2) is 6.10 Å². The van der Waals surface area contributed by atoms with E-state index in [9.17, 15) is 14.4 Å². The van der Waals surface area contributed by atoms with E-state index in [0.29, 0.717) is 19.3 Å². The molecule has 0 rings (SSSR count). The molecule has 0 fully saturated rings. The van der Waals surface area contributed by atoms with Gasteiger partial charge in [0.2, 0.25) is 0 Å². The summed E-state index contributed by atoms with van der Waals surface area (Å²) in [5.41, 5.74) is 0. The van der Waals surface area contributed by atoms with Crippen LogP contribution in [0, 0.1) is 0 Å². The molecule has 6 nitrogen and oxygen atoms in total. The Balaban J connectivity index is 4.52. The van der Waals surface area contributed by atoms with Gasteiger partial charge < -0.3 is 14.2 Å². The number of unbranched alkanes of at least 4 members (excludes halogenated alkanes) is 21. The van der Waals surface area contributed by atoms with Gasteiger partial charge in [0, 0.05) is 19.3 Å². The van der Waals surface area contributed by atoms with E-state index in [1.807, 2.05) is 42.5 Å². The van der Waals surface area contributed by atoms with E-state index in [-0.39, 0.29) is 44.0 Å². The Labute approximate surface area is 381 Å². The maximum absolute atomic E-state index is 12.7. The molecule has 0 saturated carbocycles. The Hall–Kier alpha value is -3.67. The summed E-state index contributed by atoms with van der Waals surface area (Å²) >= 11 is 0. The van der Waals surface area contributed by atoms with Crippen LogP contribution < -0.4 is 0 Å². The Morgan fingerprint density at radius 2 is 0.726 bits per heavy atom. The van der Waals surface area contributed by atoms with Crippen LogP contribution in [-0.2, 0) is 28.6 Å². The second-order valence-corrected chi connectivity index (χ2v) is 16.5. The molecule has 0 bridgehead atoms. The number of ether oxygens (including phenoxy) is 3. The van der Waals surface area contributed by atoms with E-state index >= 15 is 0 Å². The van der Waals surface area contributed by atoms with Gasteiger partial charge in [0.25, 0.3) is 0 Å². The molecule has 0 aliphatic heterocycles. The van der Waals surface area contributed by atoms with Gasteiger partial charge in [-0.15, -0.1) is 0 Å². The van der Waals surface area contributed by atoms with E-state index in [0.717, 1.165) is 77.0 Å².